The van der Waals surface area contributed by atoms with E-state index in [2.05, 4.69) is 42.6 Å². The first kappa shape index (κ1) is 38.3. The van der Waals surface area contributed by atoms with Crippen molar-refractivity contribution in [3.63, 3.8) is 0 Å². The van der Waals surface area contributed by atoms with E-state index >= 15 is 0 Å². The second-order valence-electron chi connectivity index (χ2n) is 11.4. The third-order valence-electron chi connectivity index (χ3n) is 7.81. The number of ether oxygens (including phenoxy) is 2. The topological polar surface area (TPSA) is 425 Å². The first-order chi connectivity index (χ1) is 24.2. The van der Waals surface area contributed by atoms with Crippen molar-refractivity contribution in [3.05, 3.63) is 27.0 Å². The maximum atomic E-state index is 12.3. The molecule has 10 N–H and O–H groups in total. The lowest BCUT2D eigenvalue weighted by Gasteiger charge is -2.34. The van der Waals surface area contributed by atoms with E-state index in [4.69, 9.17) is 20.9 Å². The van der Waals surface area contributed by atoms with E-state index in [-0.39, 0.29) is 41.2 Å². The Morgan fingerprint density at radius 3 is 1.96 bits per heavy atom. The van der Waals surface area contributed by atoms with Gasteiger partial charge in [0.1, 0.15) is 42.3 Å². The van der Waals surface area contributed by atoms with Crippen LogP contribution < -0.4 is 47.1 Å². The minimum Gasteiger partial charge on any atom is -0.756 e. The molecule has 288 valence electrons. The van der Waals surface area contributed by atoms with Crippen molar-refractivity contribution in [2.45, 2.75) is 49.1 Å². The maximum Gasteiger partial charge on any atom is 0.280 e. The highest BCUT2D eigenvalue weighted by Crippen LogP contribution is 2.63. The van der Waals surface area contributed by atoms with Gasteiger partial charge < -0.3 is 74.9 Å². The van der Waals surface area contributed by atoms with Gasteiger partial charge in [0.15, 0.2) is 29.4 Å². The number of imidazole rings is 1. The molecule has 6 rings (SSSR count). The average molecular weight is 801 g/mol. The highest BCUT2D eigenvalue weighted by atomic mass is 31.3. The number of aliphatic hydroxyl groups excluding tert-OH is 4. The Bertz CT molecular complexity index is 2120. The lowest BCUT2D eigenvalue weighted by Crippen LogP contribution is -2.45. The zero-order valence-corrected chi connectivity index (χ0v) is 28.7. The molecule has 0 bridgehead atoms. The van der Waals surface area contributed by atoms with Crippen molar-refractivity contribution < 1.29 is 75.9 Å². The van der Waals surface area contributed by atoms with E-state index in [0.29, 0.717) is 0 Å². The SMILES string of the molecule is CN1CN(C2OC(COP(=O)([O-])OP(=O)([O-])OP(=O)([O-])OCC3OC(n4cnc5c(=O)[nH]c(N)nc54)C(O)C3O)C(O)C2O)c2nc(N)[nH]c(=O)c21. The van der Waals surface area contributed by atoms with Gasteiger partial charge in [-0.1, -0.05) is 0 Å². The van der Waals surface area contributed by atoms with Crippen LogP contribution in [0.2, 0.25) is 0 Å². The molecule has 3 aliphatic heterocycles. The fourth-order valence-electron chi connectivity index (χ4n) is 5.57. The first-order valence-electron chi connectivity index (χ1n) is 14.4. The molecule has 0 amide bonds. The van der Waals surface area contributed by atoms with Gasteiger partial charge in [0.25, 0.3) is 34.6 Å². The zero-order valence-electron chi connectivity index (χ0n) is 26.0. The van der Waals surface area contributed by atoms with E-state index < -0.39 is 96.9 Å². The summed E-state index contributed by atoms with van der Waals surface area (Å²) in [5, 5.41) is 41.9. The van der Waals surface area contributed by atoms with Gasteiger partial charge in [-0.25, -0.2) is 13.6 Å². The lowest BCUT2D eigenvalue weighted by atomic mass is 10.1. The number of aromatic amines is 2. The molecule has 0 radical (unpaired) electrons. The third kappa shape index (κ3) is 7.51. The first-order valence-corrected chi connectivity index (χ1v) is 18.8. The fraction of sp³-hybridized carbons (Fsp3) is 0.571. The summed E-state index contributed by atoms with van der Waals surface area (Å²) in [5.74, 6) is -0.642. The Hall–Kier alpha value is -3.40. The number of anilines is 4. The van der Waals surface area contributed by atoms with E-state index in [9.17, 15) is 58.4 Å². The number of aromatic nitrogens is 6. The van der Waals surface area contributed by atoms with Crippen LogP contribution in [0.3, 0.4) is 0 Å². The summed E-state index contributed by atoms with van der Waals surface area (Å²) in [6.07, 6.45) is -12.6. The quantitative estimate of drug-likeness (QED) is 0.0790. The predicted molar refractivity (Wildman–Crippen MR) is 161 cm³/mol. The monoisotopic (exact) mass is 801 g/mol. The Labute approximate surface area is 287 Å². The summed E-state index contributed by atoms with van der Waals surface area (Å²) in [4.78, 5) is 80.0. The Morgan fingerprint density at radius 1 is 0.846 bits per heavy atom. The second-order valence-corrected chi connectivity index (χ2v) is 15.9. The van der Waals surface area contributed by atoms with Crippen molar-refractivity contribution in [1.82, 2.24) is 29.5 Å². The van der Waals surface area contributed by atoms with Crippen molar-refractivity contribution in [3.8, 4) is 0 Å². The number of nitrogens with zero attached hydrogens (tertiary/aromatic N) is 6. The van der Waals surface area contributed by atoms with Gasteiger partial charge in [0.05, 0.1) is 26.2 Å². The van der Waals surface area contributed by atoms with Crippen LogP contribution in [0.5, 0.6) is 0 Å². The Kier molecular flexibility index (Phi) is 10.2. The third-order valence-corrected chi connectivity index (χ3v) is 11.9. The van der Waals surface area contributed by atoms with Crippen LogP contribution in [0.25, 0.3) is 11.2 Å². The van der Waals surface area contributed by atoms with Crippen LogP contribution in [-0.4, -0.2) is 120 Å². The summed E-state index contributed by atoms with van der Waals surface area (Å²) < 4.78 is 65.2. The largest absolute Gasteiger partial charge is 0.756 e. The number of hydrogen-bond acceptors (Lipinski definition) is 25. The molecular weight excluding hydrogens is 773 g/mol. The van der Waals surface area contributed by atoms with Crippen molar-refractivity contribution >= 4 is 58.0 Å². The van der Waals surface area contributed by atoms with E-state index in [0.717, 1.165) is 10.9 Å². The van der Waals surface area contributed by atoms with Crippen molar-refractivity contribution in [2.75, 3.05) is 48.2 Å². The van der Waals surface area contributed by atoms with Gasteiger partial charge in [0.2, 0.25) is 11.9 Å². The van der Waals surface area contributed by atoms with Crippen LogP contribution in [0.4, 0.5) is 23.4 Å². The minimum absolute atomic E-state index is 0.0365. The Balaban J connectivity index is 1.03. The molecule has 28 nitrogen and oxygen atoms in total. The predicted octanol–water partition coefficient (Wildman–Crippen LogP) is -6.18. The molecule has 0 spiro atoms. The number of H-pyrrole nitrogens is 2. The average Bonchev–Trinajstić information content (AvgIpc) is 3.74. The van der Waals surface area contributed by atoms with E-state index in [1.54, 1.807) is 0 Å². The van der Waals surface area contributed by atoms with Gasteiger partial charge >= 0.3 is 0 Å². The number of phosphoric acid groups is 3. The highest BCUT2D eigenvalue weighted by molar-refractivity contribution is 7.65. The van der Waals surface area contributed by atoms with Gasteiger partial charge in [-0.15, -0.1) is 0 Å². The van der Waals surface area contributed by atoms with Crippen LogP contribution >= 0.6 is 23.5 Å². The van der Waals surface area contributed by atoms with Crippen molar-refractivity contribution in [1.29, 1.82) is 0 Å². The maximum absolute atomic E-state index is 12.3. The molecule has 2 fully saturated rings. The molecule has 31 heteroatoms. The molecule has 11 unspecified atom stereocenters. The molecule has 0 saturated carbocycles. The molecule has 0 aliphatic carbocycles. The van der Waals surface area contributed by atoms with Gasteiger partial charge in [0, 0.05) is 7.05 Å². The smallest absolute Gasteiger partial charge is 0.280 e. The number of fused-ring (bicyclic) bond motifs is 2. The van der Waals surface area contributed by atoms with Crippen LogP contribution in [-0.2, 0) is 40.8 Å². The van der Waals surface area contributed by atoms with E-state index in [1.807, 2.05) is 0 Å². The standard InChI is InChI=1S/C21H31N10O18P3/c1-29-5-31(15-9(29)17(37)28-21(23)26-15)19-13(35)11(33)7(47-19)3-45-51(40,41)49-52(42,43)48-50(38,39)44-2-6-10(32)12(34)18(46-6)30-4-24-8-14(30)25-20(22)27-16(8)36/h4,6-7,10-13,18-19,32-35H,2-3,5H2,1H3,(H,38,39)(H,40,41)(H,42,43)(H3,22,25,27,36)(H3,23,26,28,37)/p-3. The number of rotatable bonds is 12. The zero-order chi connectivity index (χ0) is 38.1. The molecular formula is C21H28N10O18P3-3. The second kappa shape index (κ2) is 13.8. The van der Waals surface area contributed by atoms with E-state index in [1.165, 1.54) is 16.8 Å². The number of nitrogens with two attached hydrogens (primary N) is 2. The number of hydrogen-bond donors (Lipinski definition) is 8. The van der Waals surface area contributed by atoms with Crippen LogP contribution in [0, 0.1) is 0 Å². The highest BCUT2D eigenvalue weighted by Gasteiger charge is 2.49. The summed E-state index contributed by atoms with van der Waals surface area (Å²) in [6.45, 7) is -2.47. The van der Waals surface area contributed by atoms with Crippen LogP contribution in [0.1, 0.15) is 6.23 Å². The molecule has 52 heavy (non-hydrogen) atoms. The number of nitrogens with one attached hydrogen (secondary N) is 2. The van der Waals surface area contributed by atoms with Crippen LogP contribution in [0.15, 0.2) is 15.9 Å². The van der Waals surface area contributed by atoms with Gasteiger partial charge in [-0.2, -0.15) is 9.97 Å². The molecule has 2 saturated heterocycles. The molecule has 3 aliphatic rings. The molecule has 3 aromatic heterocycles. The normalized spacial score (nSPS) is 31.1. The Morgan fingerprint density at radius 2 is 1.37 bits per heavy atom. The number of aliphatic hydroxyl groups is 4. The fourth-order valence-corrected chi connectivity index (χ4v) is 8.95. The molecule has 11 atom stereocenters. The van der Waals surface area contributed by atoms with Crippen molar-refractivity contribution in [2.24, 2.45) is 0 Å². The molecule has 6 heterocycles. The summed E-state index contributed by atoms with van der Waals surface area (Å²) >= 11 is 0. The minimum atomic E-state index is -6.37. The number of phosphoric ester groups is 2. The summed E-state index contributed by atoms with van der Waals surface area (Å²) in [5.41, 5.74) is 9.41. The summed E-state index contributed by atoms with van der Waals surface area (Å²) in [6, 6.07) is 0. The molecule has 3 aromatic rings. The van der Waals surface area contributed by atoms with Gasteiger partial charge in [-0.3, -0.25) is 37.8 Å². The molecule has 0 aromatic carbocycles. The lowest BCUT2D eigenvalue weighted by molar-refractivity contribution is -0.252. The summed E-state index contributed by atoms with van der Waals surface area (Å²) in [7, 11) is -16.9. The number of nitrogen functional groups attached to an aromatic ring is 2. The van der Waals surface area contributed by atoms with Gasteiger partial charge in [-0.05, 0) is 0 Å².